The van der Waals surface area contributed by atoms with Crippen LogP contribution >= 0.6 is 0 Å². The molecule has 0 saturated carbocycles. The first-order chi connectivity index (χ1) is 13.0. The molecule has 0 aromatic heterocycles. The molecule has 0 fully saturated rings. The summed E-state index contributed by atoms with van der Waals surface area (Å²) in [6.07, 6.45) is 0.158. The number of carbonyl (C=O) groups excluding carboxylic acids is 2. The van der Waals surface area contributed by atoms with Crippen molar-refractivity contribution in [3.05, 3.63) is 58.4 Å². The Morgan fingerprint density at radius 1 is 0.963 bits per heavy atom. The zero-order valence-corrected chi connectivity index (χ0v) is 14.8. The van der Waals surface area contributed by atoms with Crippen molar-refractivity contribution < 1.29 is 28.5 Å². The van der Waals surface area contributed by atoms with Crippen LogP contribution in [-0.4, -0.2) is 18.5 Å². The number of ketones is 1. The largest absolute Gasteiger partial charge is 0.454 e. The van der Waals surface area contributed by atoms with Gasteiger partial charge in [-0.2, -0.15) is 0 Å². The van der Waals surface area contributed by atoms with E-state index in [4.69, 9.17) is 18.9 Å². The topological polar surface area (TPSA) is 71.1 Å². The Morgan fingerprint density at radius 2 is 1.74 bits per heavy atom. The molecule has 6 nitrogen and oxygen atoms in total. The fourth-order valence-corrected chi connectivity index (χ4v) is 3.74. The molecule has 0 amide bonds. The van der Waals surface area contributed by atoms with E-state index in [1.807, 2.05) is 32.0 Å². The van der Waals surface area contributed by atoms with Crippen molar-refractivity contribution in [1.82, 2.24) is 0 Å². The molecule has 27 heavy (non-hydrogen) atoms. The highest BCUT2D eigenvalue weighted by molar-refractivity contribution is 6.13. The molecule has 2 aromatic rings. The zero-order chi connectivity index (χ0) is 18.7. The number of carbonyl (C=O) groups is 2. The van der Waals surface area contributed by atoms with Gasteiger partial charge >= 0.3 is 5.97 Å². The lowest BCUT2D eigenvalue weighted by molar-refractivity contribution is -0.135. The van der Waals surface area contributed by atoms with Crippen molar-refractivity contribution in [2.45, 2.75) is 26.2 Å². The summed E-state index contributed by atoms with van der Waals surface area (Å²) in [6, 6.07) is 8.92. The van der Waals surface area contributed by atoms with Crippen LogP contribution in [0.1, 0.15) is 47.7 Å². The van der Waals surface area contributed by atoms with E-state index >= 15 is 0 Å². The molecule has 3 aliphatic rings. The van der Waals surface area contributed by atoms with E-state index in [1.54, 1.807) is 12.1 Å². The lowest BCUT2D eigenvalue weighted by Crippen LogP contribution is -2.21. The third-order valence-corrected chi connectivity index (χ3v) is 5.01. The number of hydrogen-bond acceptors (Lipinski definition) is 6. The second kappa shape index (κ2) is 5.61. The highest BCUT2D eigenvalue weighted by atomic mass is 16.7. The van der Waals surface area contributed by atoms with E-state index in [-0.39, 0.29) is 30.9 Å². The second-order valence-corrected chi connectivity index (χ2v) is 6.96. The van der Waals surface area contributed by atoms with E-state index in [1.165, 1.54) is 0 Å². The SMILES string of the molecule is CC(C)=C1Oc2c(ccc3c2[C@H](c2ccc4c(c2)OCO4)CC(=O)O3)C1=O. The van der Waals surface area contributed by atoms with Gasteiger partial charge in [0.15, 0.2) is 17.3 Å². The summed E-state index contributed by atoms with van der Waals surface area (Å²) in [7, 11) is 0. The molecular weight excluding hydrogens is 348 g/mol. The van der Waals surface area contributed by atoms with E-state index < -0.39 is 0 Å². The molecule has 0 spiro atoms. The third-order valence-electron chi connectivity index (χ3n) is 5.01. The Bertz CT molecular complexity index is 1040. The van der Waals surface area contributed by atoms with Gasteiger partial charge in [0.05, 0.1) is 12.0 Å². The molecule has 2 aromatic carbocycles. The molecule has 1 atom stereocenters. The molecule has 0 bridgehead atoms. The van der Waals surface area contributed by atoms with E-state index in [9.17, 15) is 9.59 Å². The van der Waals surface area contributed by atoms with Gasteiger partial charge in [0.2, 0.25) is 12.6 Å². The standard InChI is InChI=1S/C21H16O6/c1-10(2)20-19(23)12-4-6-15-18(21(12)27-20)13(8-17(22)26-15)11-3-5-14-16(7-11)25-9-24-14/h3-7,13H,8-9H2,1-2H3/t13-/m0/s1. The number of allylic oxidation sites excluding steroid dienone is 2. The molecule has 136 valence electrons. The molecule has 3 aliphatic heterocycles. The number of ether oxygens (including phenoxy) is 4. The summed E-state index contributed by atoms with van der Waals surface area (Å²) in [5.74, 6) is 1.79. The first-order valence-electron chi connectivity index (χ1n) is 8.70. The molecule has 0 radical (unpaired) electrons. The average Bonchev–Trinajstić information content (AvgIpc) is 3.24. The monoisotopic (exact) mass is 364 g/mol. The molecular formula is C21H16O6. The normalized spacial score (nSPS) is 19.3. The summed E-state index contributed by atoms with van der Waals surface area (Å²) in [5, 5.41) is 0. The number of fused-ring (bicyclic) bond motifs is 4. The fraction of sp³-hybridized carbons (Fsp3) is 0.238. The van der Waals surface area contributed by atoms with E-state index in [2.05, 4.69) is 0 Å². The van der Waals surface area contributed by atoms with Crippen LogP contribution in [0.4, 0.5) is 0 Å². The van der Waals surface area contributed by atoms with Crippen LogP contribution in [0, 0.1) is 0 Å². The molecule has 0 saturated heterocycles. The Labute approximate surface area is 155 Å². The minimum absolute atomic E-state index is 0.144. The zero-order valence-electron chi connectivity index (χ0n) is 14.8. The Morgan fingerprint density at radius 3 is 2.56 bits per heavy atom. The minimum Gasteiger partial charge on any atom is -0.454 e. The Balaban J connectivity index is 1.69. The van der Waals surface area contributed by atoms with Crippen molar-refractivity contribution >= 4 is 11.8 Å². The Hall–Kier alpha value is -3.28. The van der Waals surface area contributed by atoms with Crippen molar-refractivity contribution in [1.29, 1.82) is 0 Å². The fourth-order valence-electron chi connectivity index (χ4n) is 3.74. The highest BCUT2D eigenvalue weighted by Crippen LogP contribution is 2.50. The van der Waals surface area contributed by atoms with Crippen LogP contribution in [0.5, 0.6) is 23.0 Å². The first-order valence-corrected chi connectivity index (χ1v) is 8.70. The molecule has 0 N–H and O–H groups in total. The number of Topliss-reactive ketones (excluding diaryl/α,β-unsaturated/α-hetero) is 1. The van der Waals surface area contributed by atoms with Gasteiger partial charge in [0, 0.05) is 11.5 Å². The van der Waals surface area contributed by atoms with Crippen LogP contribution in [0.15, 0.2) is 41.7 Å². The number of esters is 1. The summed E-state index contributed by atoms with van der Waals surface area (Å²) in [4.78, 5) is 24.8. The van der Waals surface area contributed by atoms with Gasteiger partial charge < -0.3 is 18.9 Å². The summed E-state index contributed by atoms with van der Waals surface area (Å²) in [5.41, 5.74) is 2.90. The number of benzene rings is 2. The summed E-state index contributed by atoms with van der Waals surface area (Å²) in [6.45, 7) is 3.85. The van der Waals surface area contributed by atoms with E-state index in [0.29, 0.717) is 34.3 Å². The lowest BCUT2D eigenvalue weighted by Gasteiger charge is -2.26. The van der Waals surface area contributed by atoms with Crippen molar-refractivity contribution in [3.8, 4) is 23.0 Å². The number of rotatable bonds is 1. The van der Waals surface area contributed by atoms with Gasteiger partial charge in [-0.05, 0) is 49.2 Å². The maximum Gasteiger partial charge on any atom is 0.312 e. The number of hydrogen-bond donors (Lipinski definition) is 0. The summed E-state index contributed by atoms with van der Waals surface area (Å²) < 4.78 is 22.2. The van der Waals surface area contributed by atoms with Crippen LogP contribution in [0.3, 0.4) is 0 Å². The third kappa shape index (κ3) is 2.33. The van der Waals surface area contributed by atoms with Gasteiger partial charge in [0.25, 0.3) is 0 Å². The molecule has 6 heteroatoms. The van der Waals surface area contributed by atoms with Gasteiger partial charge in [-0.3, -0.25) is 9.59 Å². The van der Waals surface area contributed by atoms with Crippen molar-refractivity contribution in [2.24, 2.45) is 0 Å². The highest BCUT2D eigenvalue weighted by Gasteiger charge is 2.39. The molecule has 0 aliphatic carbocycles. The molecule has 0 unspecified atom stereocenters. The van der Waals surface area contributed by atoms with Crippen LogP contribution in [0.25, 0.3) is 0 Å². The smallest absolute Gasteiger partial charge is 0.312 e. The van der Waals surface area contributed by atoms with E-state index in [0.717, 1.165) is 16.7 Å². The summed E-state index contributed by atoms with van der Waals surface area (Å²) >= 11 is 0. The van der Waals surface area contributed by atoms with Crippen LogP contribution in [-0.2, 0) is 4.79 Å². The maximum absolute atomic E-state index is 12.7. The van der Waals surface area contributed by atoms with Crippen LogP contribution < -0.4 is 18.9 Å². The second-order valence-electron chi connectivity index (χ2n) is 6.96. The quantitative estimate of drug-likeness (QED) is 0.436. The van der Waals surface area contributed by atoms with Gasteiger partial charge in [-0.25, -0.2) is 0 Å². The lowest BCUT2D eigenvalue weighted by atomic mass is 9.84. The van der Waals surface area contributed by atoms with Crippen molar-refractivity contribution in [2.75, 3.05) is 6.79 Å². The Kier molecular flexibility index (Phi) is 3.31. The van der Waals surface area contributed by atoms with Crippen LogP contribution in [0.2, 0.25) is 0 Å². The van der Waals surface area contributed by atoms with Gasteiger partial charge in [0.1, 0.15) is 11.5 Å². The van der Waals surface area contributed by atoms with Crippen molar-refractivity contribution in [3.63, 3.8) is 0 Å². The van der Waals surface area contributed by atoms with Gasteiger partial charge in [-0.15, -0.1) is 0 Å². The maximum atomic E-state index is 12.7. The van der Waals surface area contributed by atoms with Gasteiger partial charge in [-0.1, -0.05) is 6.07 Å². The predicted molar refractivity (Wildman–Crippen MR) is 94.4 cm³/mol. The first kappa shape index (κ1) is 15.9. The molecule has 3 heterocycles. The predicted octanol–water partition coefficient (Wildman–Crippen LogP) is 3.73. The molecule has 5 rings (SSSR count). The average molecular weight is 364 g/mol. The minimum atomic E-state index is -0.322.